The maximum Gasteiger partial charge on any atom is 0.258 e. The van der Waals surface area contributed by atoms with Crippen molar-refractivity contribution < 1.29 is 27.5 Å². The number of anilines is 3. The average Bonchev–Trinajstić information content (AvgIpc) is 3.24. The zero-order chi connectivity index (χ0) is 27.4. The fourth-order valence-electron chi connectivity index (χ4n) is 4.78. The van der Waals surface area contributed by atoms with Crippen LogP contribution in [0.5, 0.6) is 11.5 Å². The predicted octanol–water partition coefficient (Wildman–Crippen LogP) is 3.67. The fraction of sp³-hybridized carbons (Fsp3) is 0.407. The van der Waals surface area contributed by atoms with Crippen molar-refractivity contribution in [3.8, 4) is 11.5 Å². The van der Waals surface area contributed by atoms with Crippen LogP contribution in [-0.2, 0) is 19.6 Å². The number of hydrogen-bond acceptors (Lipinski definition) is 7. The van der Waals surface area contributed by atoms with Crippen molar-refractivity contribution in [1.82, 2.24) is 4.90 Å². The molecule has 204 valence electrons. The summed E-state index contributed by atoms with van der Waals surface area (Å²) in [5.41, 5.74) is 3.60. The molecule has 2 heterocycles. The third kappa shape index (κ3) is 5.72. The van der Waals surface area contributed by atoms with Gasteiger partial charge in [0.2, 0.25) is 15.9 Å². The molecule has 1 fully saturated rings. The molecule has 2 aliphatic heterocycles. The van der Waals surface area contributed by atoms with Crippen LogP contribution in [0.1, 0.15) is 38.2 Å². The van der Waals surface area contributed by atoms with E-state index in [1.54, 1.807) is 41.3 Å². The Morgan fingerprint density at radius 3 is 2.26 bits per heavy atom. The first-order chi connectivity index (χ1) is 18.2. The maximum absolute atomic E-state index is 12.9. The van der Waals surface area contributed by atoms with E-state index in [1.165, 1.54) is 14.2 Å². The standard InChI is InChI=1S/C27H34N4O6S/c1-5-21(26-20-15-23(36-2)24(37-3)16-22(20)29-27(26)33)28-18-9-11-19(12-10-18)31(38(4,34)35)17-25(32)30-13-7-6-8-14-30/h9-12,15-16,28H,5-8,13-14,17H2,1-4H3,(H,29,33). The summed E-state index contributed by atoms with van der Waals surface area (Å²) in [5.74, 6) is 0.590. The minimum atomic E-state index is -3.68. The van der Waals surface area contributed by atoms with Crippen molar-refractivity contribution in [1.29, 1.82) is 0 Å². The largest absolute Gasteiger partial charge is 0.493 e. The van der Waals surface area contributed by atoms with Gasteiger partial charge in [-0.1, -0.05) is 6.92 Å². The van der Waals surface area contributed by atoms with E-state index in [2.05, 4.69) is 10.6 Å². The van der Waals surface area contributed by atoms with Gasteiger partial charge < -0.3 is 25.0 Å². The van der Waals surface area contributed by atoms with Crippen molar-refractivity contribution in [3.05, 3.63) is 47.7 Å². The molecule has 10 nitrogen and oxygen atoms in total. The lowest BCUT2D eigenvalue weighted by atomic mass is 10.0. The summed E-state index contributed by atoms with van der Waals surface area (Å²) < 4.78 is 37.0. The summed E-state index contributed by atoms with van der Waals surface area (Å²) in [6, 6.07) is 10.3. The van der Waals surface area contributed by atoms with Gasteiger partial charge in [-0.05, 0) is 56.0 Å². The quantitative estimate of drug-likeness (QED) is 0.465. The van der Waals surface area contributed by atoms with Crippen LogP contribution in [0.4, 0.5) is 17.1 Å². The van der Waals surface area contributed by atoms with Crippen molar-refractivity contribution in [2.24, 2.45) is 0 Å². The molecule has 2 aromatic rings. The molecule has 2 amide bonds. The van der Waals surface area contributed by atoms with Crippen molar-refractivity contribution >= 4 is 44.5 Å². The van der Waals surface area contributed by atoms with Crippen molar-refractivity contribution in [3.63, 3.8) is 0 Å². The third-order valence-corrected chi connectivity index (χ3v) is 7.90. The van der Waals surface area contributed by atoms with Crippen LogP contribution in [0.2, 0.25) is 0 Å². The Balaban J connectivity index is 1.59. The Bertz CT molecular complexity index is 1350. The third-order valence-electron chi connectivity index (χ3n) is 6.76. The first-order valence-corrected chi connectivity index (χ1v) is 14.4. The molecule has 0 bridgehead atoms. The number of allylic oxidation sites excluding steroid dienone is 1. The molecule has 1 saturated heterocycles. The SMILES string of the molecule is CCC(Nc1ccc(N(CC(=O)N2CCCCC2)S(C)(=O)=O)cc1)=C1C(=O)Nc2cc(OC)c(OC)cc21. The van der Waals surface area contributed by atoms with Crippen molar-refractivity contribution in [2.45, 2.75) is 32.6 Å². The molecule has 2 aliphatic rings. The van der Waals surface area contributed by atoms with Crippen LogP contribution >= 0.6 is 0 Å². The zero-order valence-corrected chi connectivity index (χ0v) is 23.0. The van der Waals surface area contributed by atoms with Gasteiger partial charge in [-0.25, -0.2) is 8.42 Å². The molecule has 11 heteroatoms. The lowest BCUT2D eigenvalue weighted by Crippen LogP contribution is -2.44. The van der Waals surface area contributed by atoms with Crippen LogP contribution in [0.25, 0.3) is 5.57 Å². The number of hydrogen-bond donors (Lipinski definition) is 2. The Kier molecular flexibility index (Phi) is 8.15. The van der Waals surface area contributed by atoms with E-state index in [-0.39, 0.29) is 18.4 Å². The summed E-state index contributed by atoms with van der Waals surface area (Å²) in [4.78, 5) is 27.4. The number of benzene rings is 2. The highest BCUT2D eigenvalue weighted by Crippen LogP contribution is 2.42. The number of fused-ring (bicyclic) bond motifs is 1. The molecule has 4 rings (SSSR count). The van der Waals surface area contributed by atoms with Gasteiger partial charge in [0.25, 0.3) is 5.91 Å². The monoisotopic (exact) mass is 542 g/mol. The van der Waals surface area contributed by atoms with E-state index in [9.17, 15) is 18.0 Å². The fourth-order valence-corrected chi connectivity index (χ4v) is 5.62. The molecular formula is C27H34N4O6S. The zero-order valence-electron chi connectivity index (χ0n) is 22.2. The number of ether oxygens (including phenoxy) is 2. The molecule has 0 aliphatic carbocycles. The van der Waals surface area contributed by atoms with Gasteiger partial charge in [-0.3, -0.25) is 13.9 Å². The molecule has 0 atom stereocenters. The Morgan fingerprint density at radius 1 is 1.05 bits per heavy atom. The number of sulfonamides is 1. The van der Waals surface area contributed by atoms with E-state index >= 15 is 0 Å². The smallest absolute Gasteiger partial charge is 0.258 e. The molecule has 38 heavy (non-hydrogen) atoms. The second-order valence-electron chi connectivity index (χ2n) is 9.30. The predicted molar refractivity (Wildman–Crippen MR) is 148 cm³/mol. The van der Waals surface area contributed by atoms with Crippen LogP contribution in [0, 0.1) is 0 Å². The first kappa shape index (κ1) is 27.3. The second kappa shape index (κ2) is 11.3. The molecule has 0 aromatic heterocycles. The summed E-state index contributed by atoms with van der Waals surface area (Å²) in [6.45, 7) is 3.01. The van der Waals surface area contributed by atoms with E-state index in [0.29, 0.717) is 64.9 Å². The summed E-state index contributed by atoms with van der Waals surface area (Å²) >= 11 is 0. The van der Waals surface area contributed by atoms with E-state index in [1.807, 2.05) is 6.92 Å². The van der Waals surface area contributed by atoms with Gasteiger partial charge in [-0.2, -0.15) is 0 Å². The highest BCUT2D eigenvalue weighted by atomic mass is 32.2. The molecule has 0 radical (unpaired) electrons. The number of likely N-dealkylation sites (tertiary alicyclic amines) is 1. The first-order valence-electron chi connectivity index (χ1n) is 12.6. The number of nitrogens with one attached hydrogen (secondary N) is 2. The number of rotatable bonds is 9. The van der Waals surface area contributed by atoms with Gasteiger partial charge in [0.05, 0.1) is 37.4 Å². The lowest BCUT2D eigenvalue weighted by molar-refractivity contribution is -0.130. The molecule has 2 N–H and O–H groups in total. The van der Waals surface area contributed by atoms with Crippen LogP contribution < -0.4 is 24.4 Å². The van der Waals surface area contributed by atoms with Crippen LogP contribution in [-0.4, -0.2) is 65.2 Å². The number of carbonyl (C=O) groups is 2. The maximum atomic E-state index is 12.9. The minimum absolute atomic E-state index is 0.201. The average molecular weight is 543 g/mol. The summed E-state index contributed by atoms with van der Waals surface area (Å²) in [5, 5.41) is 6.19. The van der Waals surface area contributed by atoms with Gasteiger partial charge in [0, 0.05) is 36.1 Å². The van der Waals surface area contributed by atoms with E-state index < -0.39 is 10.0 Å². The Morgan fingerprint density at radius 2 is 1.68 bits per heavy atom. The molecule has 0 spiro atoms. The highest BCUT2D eigenvalue weighted by Gasteiger charge is 2.30. The summed E-state index contributed by atoms with van der Waals surface area (Å²) in [7, 11) is -0.601. The number of piperidine rings is 1. The molecule has 0 saturated carbocycles. The molecular weight excluding hydrogens is 508 g/mol. The number of amides is 2. The second-order valence-corrected chi connectivity index (χ2v) is 11.2. The Hall–Kier alpha value is -3.73. The minimum Gasteiger partial charge on any atom is -0.493 e. The Labute approximate surface area is 223 Å². The molecule has 0 unspecified atom stereocenters. The van der Waals surface area contributed by atoms with Gasteiger partial charge >= 0.3 is 0 Å². The number of carbonyl (C=O) groups excluding carboxylic acids is 2. The van der Waals surface area contributed by atoms with Crippen LogP contribution in [0.15, 0.2) is 42.1 Å². The normalized spacial score (nSPS) is 16.4. The van der Waals surface area contributed by atoms with Gasteiger partial charge in [-0.15, -0.1) is 0 Å². The number of methoxy groups -OCH3 is 2. The molecule has 2 aromatic carbocycles. The van der Waals surface area contributed by atoms with Gasteiger partial charge in [0.1, 0.15) is 6.54 Å². The number of nitrogens with zero attached hydrogens (tertiary/aromatic N) is 2. The van der Waals surface area contributed by atoms with Gasteiger partial charge in [0.15, 0.2) is 11.5 Å². The summed E-state index contributed by atoms with van der Waals surface area (Å²) in [6.07, 6.45) is 4.59. The van der Waals surface area contributed by atoms with Crippen molar-refractivity contribution in [2.75, 3.05) is 55.0 Å². The highest BCUT2D eigenvalue weighted by molar-refractivity contribution is 7.92. The van der Waals surface area contributed by atoms with E-state index in [4.69, 9.17) is 9.47 Å². The van der Waals surface area contributed by atoms with Crippen LogP contribution in [0.3, 0.4) is 0 Å². The van der Waals surface area contributed by atoms with E-state index in [0.717, 1.165) is 29.8 Å². The topological polar surface area (TPSA) is 117 Å². The lowest BCUT2D eigenvalue weighted by Gasteiger charge is -2.30.